The Hall–Kier alpha value is -2.82. The third kappa shape index (κ3) is 5.12. The van der Waals surface area contributed by atoms with Gasteiger partial charge in [-0.25, -0.2) is 0 Å². The number of hydrogen-bond acceptors (Lipinski definition) is 3. The van der Waals surface area contributed by atoms with E-state index in [1.807, 2.05) is 38.1 Å². The Labute approximate surface area is 141 Å². The minimum Gasteiger partial charge on any atom is -0.481 e. The van der Waals surface area contributed by atoms with Crippen molar-refractivity contribution in [3.05, 3.63) is 59.7 Å². The first-order valence-corrected chi connectivity index (χ1v) is 7.83. The van der Waals surface area contributed by atoms with Crippen LogP contribution in [0.5, 0.6) is 5.75 Å². The number of aliphatic carboxylic acids is 1. The number of nitrogens with one attached hydrogen (secondary N) is 1. The monoisotopic (exact) mass is 327 g/mol. The van der Waals surface area contributed by atoms with Crippen molar-refractivity contribution in [3.63, 3.8) is 0 Å². The van der Waals surface area contributed by atoms with Gasteiger partial charge in [0.15, 0.2) is 6.10 Å². The molecule has 1 atom stereocenters. The Morgan fingerprint density at radius 1 is 1.17 bits per heavy atom. The first-order chi connectivity index (χ1) is 11.5. The van der Waals surface area contributed by atoms with Crippen LogP contribution in [0.2, 0.25) is 0 Å². The molecule has 0 aliphatic rings. The zero-order valence-electron chi connectivity index (χ0n) is 13.8. The third-order valence-electron chi connectivity index (χ3n) is 3.48. The van der Waals surface area contributed by atoms with Gasteiger partial charge in [0.1, 0.15) is 5.75 Å². The van der Waals surface area contributed by atoms with Gasteiger partial charge in [-0.15, -0.1) is 0 Å². The van der Waals surface area contributed by atoms with Crippen LogP contribution in [0.25, 0.3) is 0 Å². The number of carbonyl (C=O) groups is 2. The topological polar surface area (TPSA) is 75.6 Å². The van der Waals surface area contributed by atoms with Gasteiger partial charge in [0.25, 0.3) is 5.91 Å². The summed E-state index contributed by atoms with van der Waals surface area (Å²) in [5, 5.41) is 11.6. The van der Waals surface area contributed by atoms with Crippen molar-refractivity contribution >= 4 is 17.6 Å². The number of anilines is 1. The van der Waals surface area contributed by atoms with Gasteiger partial charge in [0.05, 0.1) is 6.42 Å². The maximum Gasteiger partial charge on any atom is 0.307 e. The van der Waals surface area contributed by atoms with Crippen molar-refractivity contribution in [1.82, 2.24) is 0 Å². The normalized spacial score (nSPS) is 11.6. The molecule has 1 amide bonds. The lowest BCUT2D eigenvalue weighted by molar-refractivity contribution is -0.136. The van der Waals surface area contributed by atoms with E-state index in [4.69, 9.17) is 9.84 Å². The van der Waals surface area contributed by atoms with Gasteiger partial charge < -0.3 is 15.2 Å². The maximum atomic E-state index is 12.4. The maximum absolute atomic E-state index is 12.4. The van der Waals surface area contributed by atoms with E-state index < -0.39 is 12.1 Å². The van der Waals surface area contributed by atoms with Gasteiger partial charge in [0, 0.05) is 5.69 Å². The summed E-state index contributed by atoms with van der Waals surface area (Å²) < 4.78 is 5.77. The Morgan fingerprint density at radius 2 is 1.92 bits per heavy atom. The number of ether oxygens (including phenoxy) is 1. The van der Waals surface area contributed by atoms with E-state index in [1.54, 1.807) is 24.3 Å². The van der Waals surface area contributed by atoms with Crippen LogP contribution in [-0.2, 0) is 16.0 Å². The van der Waals surface area contributed by atoms with Crippen LogP contribution in [0, 0.1) is 6.92 Å². The molecule has 2 N–H and O–H groups in total. The standard InChI is InChI=1S/C19H21NO4/c1-3-17(24-16-9-4-6-13(2)10-16)19(23)20-15-8-5-7-14(11-15)12-18(21)22/h4-11,17H,3,12H2,1-2H3,(H,20,23)(H,21,22). The van der Waals surface area contributed by atoms with Crippen molar-refractivity contribution in [3.8, 4) is 5.75 Å². The van der Waals surface area contributed by atoms with E-state index in [0.717, 1.165) is 5.56 Å². The highest BCUT2D eigenvalue weighted by Crippen LogP contribution is 2.17. The minimum absolute atomic E-state index is 0.0826. The Kier molecular flexibility index (Phi) is 5.95. The molecular formula is C19H21NO4. The predicted molar refractivity (Wildman–Crippen MR) is 92.3 cm³/mol. The summed E-state index contributed by atoms with van der Waals surface area (Å²) in [6, 6.07) is 14.3. The number of carboxylic acids is 1. The third-order valence-corrected chi connectivity index (χ3v) is 3.48. The molecule has 0 spiro atoms. The number of amides is 1. The lowest BCUT2D eigenvalue weighted by Crippen LogP contribution is -2.32. The molecule has 1 unspecified atom stereocenters. The highest BCUT2D eigenvalue weighted by atomic mass is 16.5. The van der Waals surface area contributed by atoms with Crippen LogP contribution in [0.4, 0.5) is 5.69 Å². The molecule has 5 heteroatoms. The van der Waals surface area contributed by atoms with Crippen LogP contribution < -0.4 is 10.1 Å². The predicted octanol–water partition coefficient (Wildman–Crippen LogP) is 3.42. The average Bonchev–Trinajstić information content (AvgIpc) is 2.52. The number of hydrogen-bond donors (Lipinski definition) is 2. The first-order valence-electron chi connectivity index (χ1n) is 7.83. The quantitative estimate of drug-likeness (QED) is 0.817. The van der Waals surface area contributed by atoms with Crippen LogP contribution in [0.3, 0.4) is 0 Å². The molecule has 0 aliphatic heterocycles. The number of benzene rings is 2. The lowest BCUT2D eigenvalue weighted by Gasteiger charge is -2.18. The summed E-state index contributed by atoms with van der Waals surface area (Å²) in [5.74, 6) is -0.518. The van der Waals surface area contributed by atoms with E-state index in [9.17, 15) is 9.59 Å². The van der Waals surface area contributed by atoms with Gasteiger partial charge in [-0.05, 0) is 48.7 Å². The van der Waals surface area contributed by atoms with Gasteiger partial charge in [0.2, 0.25) is 0 Å². The molecule has 0 heterocycles. The Morgan fingerprint density at radius 3 is 2.58 bits per heavy atom. The Balaban J connectivity index is 2.05. The van der Waals surface area contributed by atoms with Crippen molar-refractivity contribution in [1.29, 1.82) is 0 Å². The molecule has 0 aromatic heterocycles. The molecule has 0 saturated heterocycles. The zero-order valence-corrected chi connectivity index (χ0v) is 13.8. The fourth-order valence-corrected chi connectivity index (χ4v) is 2.33. The molecule has 0 saturated carbocycles. The van der Waals surface area contributed by atoms with Gasteiger partial charge in [-0.2, -0.15) is 0 Å². The van der Waals surface area contributed by atoms with Gasteiger partial charge in [-0.3, -0.25) is 9.59 Å². The first kappa shape index (κ1) is 17.5. The summed E-state index contributed by atoms with van der Waals surface area (Å²) in [6.07, 6.45) is -0.176. The molecule has 0 fully saturated rings. The second-order valence-electron chi connectivity index (χ2n) is 5.59. The van der Waals surface area contributed by atoms with Crippen molar-refractivity contribution in [2.75, 3.05) is 5.32 Å². The lowest BCUT2D eigenvalue weighted by atomic mass is 10.1. The fourth-order valence-electron chi connectivity index (χ4n) is 2.33. The minimum atomic E-state index is -0.910. The fraction of sp³-hybridized carbons (Fsp3) is 0.263. The number of rotatable bonds is 7. The zero-order chi connectivity index (χ0) is 17.5. The molecule has 0 bridgehead atoms. The Bertz CT molecular complexity index is 727. The van der Waals surface area contributed by atoms with Crippen molar-refractivity contribution in [2.45, 2.75) is 32.8 Å². The van der Waals surface area contributed by atoms with Crippen LogP contribution in [0.15, 0.2) is 48.5 Å². The average molecular weight is 327 g/mol. The van der Waals surface area contributed by atoms with Crippen LogP contribution in [0.1, 0.15) is 24.5 Å². The smallest absolute Gasteiger partial charge is 0.307 e. The number of aryl methyl sites for hydroxylation is 1. The SMILES string of the molecule is CCC(Oc1cccc(C)c1)C(=O)Nc1cccc(CC(=O)O)c1. The molecule has 24 heavy (non-hydrogen) atoms. The van der Waals surface area contributed by atoms with Gasteiger partial charge in [-0.1, -0.05) is 31.2 Å². The largest absolute Gasteiger partial charge is 0.481 e. The highest BCUT2D eigenvalue weighted by molar-refractivity contribution is 5.94. The molecule has 2 rings (SSSR count). The second-order valence-corrected chi connectivity index (χ2v) is 5.59. The molecule has 2 aromatic carbocycles. The van der Waals surface area contributed by atoms with E-state index in [1.165, 1.54) is 0 Å². The molecule has 0 radical (unpaired) electrons. The summed E-state index contributed by atoms with van der Waals surface area (Å²) in [4.78, 5) is 23.2. The van der Waals surface area contributed by atoms with E-state index in [0.29, 0.717) is 23.4 Å². The number of carbonyl (C=O) groups excluding carboxylic acids is 1. The van der Waals surface area contributed by atoms with Crippen LogP contribution in [-0.4, -0.2) is 23.1 Å². The summed E-state index contributed by atoms with van der Waals surface area (Å²) in [7, 11) is 0. The highest BCUT2D eigenvalue weighted by Gasteiger charge is 2.18. The van der Waals surface area contributed by atoms with E-state index >= 15 is 0 Å². The van der Waals surface area contributed by atoms with E-state index in [-0.39, 0.29) is 12.3 Å². The van der Waals surface area contributed by atoms with Crippen molar-refractivity contribution < 1.29 is 19.4 Å². The molecule has 126 valence electrons. The molecule has 5 nitrogen and oxygen atoms in total. The van der Waals surface area contributed by atoms with Gasteiger partial charge >= 0.3 is 5.97 Å². The van der Waals surface area contributed by atoms with E-state index in [2.05, 4.69) is 5.32 Å². The summed E-state index contributed by atoms with van der Waals surface area (Å²) >= 11 is 0. The molecule has 2 aromatic rings. The number of carboxylic acid groups (broad SMARTS) is 1. The van der Waals surface area contributed by atoms with Crippen molar-refractivity contribution in [2.24, 2.45) is 0 Å². The summed E-state index contributed by atoms with van der Waals surface area (Å²) in [5.41, 5.74) is 2.25. The van der Waals surface area contributed by atoms with Crippen LogP contribution >= 0.6 is 0 Å². The molecule has 0 aliphatic carbocycles. The summed E-state index contributed by atoms with van der Waals surface area (Å²) in [6.45, 7) is 3.84. The molecular weight excluding hydrogens is 306 g/mol. The second kappa shape index (κ2) is 8.15.